The molecule has 158 valence electrons. The molecule has 1 aliphatic rings. The van der Waals surface area contributed by atoms with E-state index < -0.39 is 0 Å². The number of aryl methyl sites for hydroxylation is 2. The first-order chi connectivity index (χ1) is 14.9. The van der Waals surface area contributed by atoms with Gasteiger partial charge in [0.1, 0.15) is 11.4 Å². The molecule has 1 aliphatic heterocycles. The van der Waals surface area contributed by atoms with E-state index in [9.17, 15) is 4.79 Å². The fourth-order valence-corrected chi connectivity index (χ4v) is 4.55. The number of hydrogen-bond donors (Lipinski definition) is 0. The van der Waals surface area contributed by atoms with Gasteiger partial charge in [0.25, 0.3) is 0 Å². The van der Waals surface area contributed by atoms with E-state index in [4.69, 9.17) is 4.74 Å². The van der Waals surface area contributed by atoms with Crippen LogP contribution in [0.15, 0.2) is 72.4 Å². The van der Waals surface area contributed by atoms with E-state index in [0.29, 0.717) is 6.54 Å². The second kappa shape index (κ2) is 8.16. The fourth-order valence-electron chi connectivity index (χ4n) is 4.55. The minimum absolute atomic E-state index is 0.158. The minimum Gasteiger partial charge on any atom is -0.496 e. The predicted molar refractivity (Wildman–Crippen MR) is 126 cm³/mol. The number of fused-ring (bicyclic) bond motifs is 1. The topological polar surface area (TPSA) is 26.3 Å². The van der Waals surface area contributed by atoms with Gasteiger partial charge in [0.05, 0.1) is 26.3 Å². The fraction of sp³-hybridized carbons (Fsp3) is 0.250. The van der Waals surface area contributed by atoms with Crippen molar-refractivity contribution in [2.24, 2.45) is 0 Å². The number of carbonyl (C=O) groups excluding carboxylic acids is 1. The second-order valence-corrected chi connectivity index (χ2v) is 8.59. The lowest BCUT2D eigenvalue weighted by Gasteiger charge is -2.38. The first-order valence-corrected chi connectivity index (χ1v) is 10.8. The highest BCUT2D eigenvalue weighted by Crippen LogP contribution is 2.41. The molecule has 4 rings (SSSR count). The van der Waals surface area contributed by atoms with Gasteiger partial charge in [0.2, 0.25) is 0 Å². The Labute approximate surface area is 185 Å². The van der Waals surface area contributed by atoms with Crippen molar-refractivity contribution in [1.82, 2.24) is 0 Å². The summed E-state index contributed by atoms with van der Waals surface area (Å²) < 4.78 is 5.81. The molecule has 1 heterocycles. The number of nitrogens with zero attached hydrogens (tertiary/aromatic N) is 1. The van der Waals surface area contributed by atoms with Crippen LogP contribution in [0.3, 0.4) is 0 Å². The van der Waals surface area contributed by atoms with Crippen molar-refractivity contribution in [3.05, 3.63) is 106 Å². The molecule has 0 saturated carbocycles. The Kier molecular flexibility index (Phi) is 5.55. The van der Waals surface area contributed by atoms with E-state index in [0.717, 1.165) is 45.7 Å². The van der Waals surface area contributed by atoms with Crippen LogP contribution in [0.25, 0.3) is 5.57 Å². The maximum atomic E-state index is 13.9. The van der Waals surface area contributed by atoms with Gasteiger partial charge in [-0.25, -0.2) is 9.28 Å². The molecule has 3 aromatic carbocycles. The quantitative estimate of drug-likeness (QED) is 0.485. The molecular weight excluding hydrogens is 382 g/mol. The molecule has 0 fully saturated rings. The van der Waals surface area contributed by atoms with E-state index in [1.54, 1.807) is 7.11 Å². The molecule has 0 saturated heterocycles. The minimum atomic E-state index is 0.158. The van der Waals surface area contributed by atoms with Crippen LogP contribution in [-0.2, 0) is 6.42 Å². The van der Waals surface area contributed by atoms with Crippen LogP contribution in [-0.4, -0.2) is 31.1 Å². The van der Waals surface area contributed by atoms with Crippen LogP contribution in [0.4, 0.5) is 0 Å². The molecule has 31 heavy (non-hydrogen) atoms. The number of para-hydroxylation sites is 1. The predicted octanol–water partition coefficient (Wildman–Crippen LogP) is 5.93. The second-order valence-electron chi connectivity index (χ2n) is 8.59. The lowest BCUT2D eigenvalue weighted by molar-refractivity contribution is -0.788. The molecule has 0 aromatic heterocycles. The molecule has 1 unspecified atom stereocenters. The first-order valence-electron chi connectivity index (χ1n) is 10.8. The molecule has 3 nitrogen and oxygen atoms in total. The van der Waals surface area contributed by atoms with Gasteiger partial charge in [-0.2, -0.15) is 0 Å². The number of carbonyl (C=O) groups is 1. The molecule has 0 radical (unpaired) electrons. The smallest absolute Gasteiger partial charge is 0.351 e. The van der Waals surface area contributed by atoms with E-state index in [2.05, 4.69) is 63.2 Å². The van der Waals surface area contributed by atoms with Crippen LogP contribution in [0.1, 0.15) is 45.1 Å². The average Bonchev–Trinajstić information content (AvgIpc) is 2.79. The van der Waals surface area contributed by atoms with Gasteiger partial charge in [-0.15, -0.1) is 0 Å². The highest BCUT2D eigenvalue weighted by molar-refractivity contribution is 6.02. The van der Waals surface area contributed by atoms with Crippen molar-refractivity contribution < 1.29 is 14.0 Å². The van der Waals surface area contributed by atoms with Crippen molar-refractivity contribution in [2.75, 3.05) is 20.7 Å². The number of hydrogen-bond acceptors (Lipinski definition) is 2. The Bertz CT molecular complexity index is 1180. The average molecular weight is 413 g/mol. The zero-order valence-corrected chi connectivity index (χ0v) is 19.0. The highest BCUT2D eigenvalue weighted by atomic mass is 16.5. The van der Waals surface area contributed by atoms with E-state index >= 15 is 0 Å². The number of rotatable bonds is 5. The van der Waals surface area contributed by atoms with Crippen molar-refractivity contribution in [3.8, 4) is 5.75 Å². The molecule has 3 heteroatoms. The molecule has 0 aliphatic carbocycles. The molecule has 0 N–H and O–H groups in total. The third kappa shape index (κ3) is 3.60. The van der Waals surface area contributed by atoms with Gasteiger partial charge in [-0.1, -0.05) is 48.5 Å². The van der Waals surface area contributed by atoms with E-state index in [1.165, 1.54) is 11.1 Å². The number of benzene rings is 3. The molecule has 3 aromatic rings. The molecule has 1 atom stereocenters. The van der Waals surface area contributed by atoms with E-state index in [-0.39, 0.29) is 10.4 Å². The summed E-state index contributed by atoms with van der Waals surface area (Å²) in [5.74, 6) is 1.03. The summed E-state index contributed by atoms with van der Waals surface area (Å²) in [7, 11) is 3.75. The number of likely N-dealkylation sites (N-methyl/N-ethyl adjacent to an activating group) is 1. The monoisotopic (exact) mass is 412 g/mol. The van der Waals surface area contributed by atoms with Crippen LogP contribution in [0, 0.1) is 13.8 Å². The number of methoxy groups -OCH3 is 1. The van der Waals surface area contributed by atoms with Crippen LogP contribution < -0.4 is 4.74 Å². The SMILES string of the molecule is COc1ccccc1CC[N+]1(C)C(=O)c2cc(C)c(C)cc2C(c2ccccc2)=C1C. The van der Waals surface area contributed by atoms with Crippen LogP contribution in [0.2, 0.25) is 0 Å². The standard InChI is InChI=1S/C28H30NO2/c1-19-17-24-25(18-20(19)2)28(30)29(4,16-15-22-11-9-10-14-26(22)31-5)21(3)27(24)23-12-7-6-8-13-23/h6-14,17-18H,15-16H2,1-5H3/q+1. The summed E-state index contributed by atoms with van der Waals surface area (Å²) in [6.07, 6.45) is 0.756. The maximum absolute atomic E-state index is 13.9. The van der Waals surface area contributed by atoms with Gasteiger partial charge < -0.3 is 4.74 Å². The van der Waals surface area contributed by atoms with Crippen LogP contribution in [0.5, 0.6) is 5.75 Å². The Morgan fingerprint density at radius 1 is 0.839 bits per heavy atom. The number of amides is 1. The summed E-state index contributed by atoms with van der Waals surface area (Å²) in [6, 6.07) is 22.7. The highest BCUT2D eigenvalue weighted by Gasteiger charge is 2.43. The normalized spacial score (nSPS) is 18.2. The van der Waals surface area contributed by atoms with Gasteiger partial charge in [-0.3, -0.25) is 0 Å². The maximum Gasteiger partial charge on any atom is 0.351 e. The Hall–Kier alpha value is -3.17. The third-order valence-electron chi connectivity index (χ3n) is 6.77. The molecule has 1 amide bonds. The molecule has 0 spiro atoms. The lowest BCUT2D eigenvalue weighted by Crippen LogP contribution is -2.51. The summed E-state index contributed by atoms with van der Waals surface area (Å²) in [4.78, 5) is 13.9. The van der Waals surface area contributed by atoms with Crippen molar-refractivity contribution in [1.29, 1.82) is 0 Å². The zero-order chi connectivity index (χ0) is 22.2. The van der Waals surface area contributed by atoms with Gasteiger partial charge in [0.15, 0.2) is 0 Å². The summed E-state index contributed by atoms with van der Waals surface area (Å²) in [5.41, 5.74) is 8.74. The largest absolute Gasteiger partial charge is 0.496 e. The van der Waals surface area contributed by atoms with E-state index in [1.807, 2.05) is 31.3 Å². The zero-order valence-electron chi connectivity index (χ0n) is 19.0. The number of ether oxygens (including phenoxy) is 1. The summed E-state index contributed by atoms with van der Waals surface area (Å²) >= 11 is 0. The van der Waals surface area contributed by atoms with Crippen molar-refractivity contribution in [2.45, 2.75) is 27.2 Å². The van der Waals surface area contributed by atoms with Gasteiger partial charge in [-0.05, 0) is 54.3 Å². The number of quaternary nitrogens is 1. The van der Waals surface area contributed by atoms with Crippen LogP contribution >= 0.6 is 0 Å². The Balaban J connectivity index is 1.86. The van der Waals surface area contributed by atoms with Gasteiger partial charge in [0, 0.05) is 24.5 Å². The number of allylic oxidation sites excluding steroid dienone is 1. The lowest BCUT2D eigenvalue weighted by atomic mass is 9.85. The first kappa shape index (κ1) is 21.1. The van der Waals surface area contributed by atoms with Crippen molar-refractivity contribution in [3.63, 3.8) is 0 Å². The third-order valence-corrected chi connectivity index (χ3v) is 6.77. The molecular formula is C28H30NO2+. The Morgan fingerprint density at radius 3 is 2.13 bits per heavy atom. The Morgan fingerprint density at radius 2 is 1.45 bits per heavy atom. The summed E-state index contributed by atoms with van der Waals surface area (Å²) in [6.45, 7) is 6.98. The molecule has 0 bridgehead atoms. The van der Waals surface area contributed by atoms with Crippen molar-refractivity contribution >= 4 is 11.5 Å². The summed E-state index contributed by atoms with van der Waals surface area (Å²) in [5, 5.41) is 0. The van der Waals surface area contributed by atoms with Gasteiger partial charge >= 0.3 is 5.91 Å².